The number of methoxy groups -OCH3 is 1. The van der Waals surface area contributed by atoms with Crippen molar-refractivity contribution in [2.45, 2.75) is 19.4 Å². The minimum atomic E-state index is -0.209. The monoisotopic (exact) mass is 223 g/mol. The first kappa shape index (κ1) is 10.9. The summed E-state index contributed by atoms with van der Waals surface area (Å²) in [6.45, 7) is 2.63. The third kappa shape index (κ3) is 5.21. The van der Waals surface area contributed by atoms with Crippen LogP contribution in [0.15, 0.2) is 0 Å². The molecule has 0 rings (SSSR count). The lowest BCUT2D eigenvalue weighted by Gasteiger charge is -2.09. The average Bonchev–Trinajstić information content (AvgIpc) is 2.03. The molecule has 0 spiro atoms. The molecule has 4 heteroatoms. The molecule has 0 aliphatic rings. The van der Waals surface area contributed by atoms with Crippen molar-refractivity contribution in [3.05, 3.63) is 0 Å². The maximum absolute atomic E-state index is 10.8. The lowest BCUT2D eigenvalue weighted by atomic mass is 10.3. The van der Waals surface area contributed by atoms with Crippen LogP contribution in [0.5, 0.6) is 0 Å². The van der Waals surface area contributed by atoms with Crippen LogP contribution in [0.3, 0.4) is 0 Å². The largest absolute Gasteiger partial charge is 0.468 e. The summed E-state index contributed by atoms with van der Waals surface area (Å²) in [4.78, 5) is 10.8. The fraction of sp³-hybridized carbons (Fsp3) is 0.857. The van der Waals surface area contributed by atoms with E-state index >= 15 is 0 Å². The summed E-state index contributed by atoms with van der Waals surface area (Å²) in [6, 6.07) is -0.195. The van der Waals surface area contributed by atoms with E-state index in [2.05, 4.69) is 26.0 Å². The van der Waals surface area contributed by atoms with Gasteiger partial charge in [-0.3, -0.25) is 4.79 Å². The van der Waals surface area contributed by atoms with Crippen LogP contribution in [0.2, 0.25) is 0 Å². The van der Waals surface area contributed by atoms with Crippen molar-refractivity contribution in [3.63, 3.8) is 0 Å². The highest BCUT2D eigenvalue weighted by Gasteiger charge is 2.10. The van der Waals surface area contributed by atoms with Crippen LogP contribution in [-0.2, 0) is 9.53 Å². The molecule has 11 heavy (non-hydrogen) atoms. The van der Waals surface area contributed by atoms with Gasteiger partial charge < -0.3 is 10.1 Å². The molecule has 3 nitrogen and oxygen atoms in total. The Morgan fingerprint density at radius 3 is 2.82 bits per heavy atom. The summed E-state index contributed by atoms with van der Waals surface area (Å²) in [6.07, 6.45) is 1.02. The second kappa shape index (κ2) is 6.61. The normalized spacial score (nSPS) is 12.6. The Kier molecular flexibility index (Phi) is 6.56. The van der Waals surface area contributed by atoms with E-state index in [1.807, 2.05) is 0 Å². The summed E-state index contributed by atoms with van der Waals surface area (Å²) < 4.78 is 4.53. The predicted molar refractivity (Wildman–Crippen MR) is 47.9 cm³/mol. The SMILES string of the molecule is COC(=O)C(C)NCCCBr. The number of rotatable bonds is 5. The zero-order valence-corrected chi connectivity index (χ0v) is 8.48. The lowest BCUT2D eigenvalue weighted by molar-refractivity contribution is -0.142. The number of ether oxygens (including phenoxy) is 1. The van der Waals surface area contributed by atoms with Crippen LogP contribution in [0.25, 0.3) is 0 Å². The number of carbonyl (C=O) groups excluding carboxylic acids is 1. The molecule has 1 unspecified atom stereocenters. The smallest absolute Gasteiger partial charge is 0.322 e. The van der Waals surface area contributed by atoms with E-state index in [1.165, 1.54) is 7.11 Å². The molecule has 1 atom stereocenters. The second-order valence-electron chi connectivity index (χ2n) is 2.24. The fourth-order valence-electron chi connectivity index (χ4n) is 0.645. The van der Waals surface area contributed by atoms with E-state index < -0.39 is 0 Å². The van der Waals surface area contributed by atoms with Crippen LogP contribution in [0.1, 0.15) is 13.3 Å². The Morgan fingerprint density at radius 1 is 1.73 bits per heavy atom. The molecule has 0 aromatic rings. The zero-order chi connectivity index (χ0) is 8.69. The Balaban J connectivity index is 3.36. The molecule has 0 fully saturated rings. The Labute approximate surface area is 75.6 Å². The van der Waals surface area contributed by atoms with Crippen molar-refractivity contribution < 1.29 is 9.53 Å². The van der Waals surface area contributed by atoms with Crippen molar-refractivity contribution >= 4 is 21.9 Å². The van der Waals surface area contributed by atoms with Gasteiger partial charge in [0.15, 0.2) is 0 Å². The van der Waals surface area contributed by atoms with E-state index in [9.17, 15) is 4.79 Å². The number of esters is 1. The third-order valence-corrected chi connectivity index (χ3v) is 1.88. The summed E-state index contributed by atoms with van der Waals surface area (Å²) in [7, 11) is 1.39. The summed E-state index contributed by atoms with van der Waals surface area (Å²) in [5.74, 6) is -0.209. The molecular weight excluding hydrogens is 210 g/mol. The van der Waals surface area contributed by atoms with Crippen LogP contribution in [0.4, 0.5) is 0 Å². The molecule has 0 aromatic carbocycles. The highest BCUT2D eigenvalue weighted by Crippen LogP contribution is 1.88. The first-order valence-corrected chi connectivity index (χ1v) is 4.71. The minimum Gasteiger partial charge on any atom is -0.468 e. The molecule has 0 amide bonds. The number of halogens is 1. The highest BCUT2D eigenvalue weighted by molar-refractivity contribution is 9.09. The fourth-order valence-corrected chi connectivity index (χ4v) is 0.926. The quantitative estimate of drug-likeness (QED) is 0.428. The minimum absolute atomic E-state index is 0.195. The Hall–Kier alpha value is -0.0900. The van der Waals surface area contributed by atoms with Gasteiger partial charge in [-0.2, -0.15) is 0 Å². The number of carbonyl (C=O) groups is 1. The third-order valence-electron chi connectivity index (χ3n) is 1.32. The van der Waals surface area contributed by atoms with Crippen LogP contribution < -0.4 is 5.32 Å². The van der Waals surface area contributed by atoms with Gasteiger partial charge in [-0.15, -0.1) is 0 Å². The van der Waals surface area contributed by atoms with Gasteiger partial charge in [-0.05, 0) is 19.9 Å². The van der Waals surface area contributed by atoms with Gasteiger partial charge in [-0.1, -0.05) is 15.9 Å². The molecule has 1 N–H and O–H groups in total. The van der Waals surface area contributed by atoms with Crippen molar-refractivity contribution in [1.82, 2.24) is 5.32 Å². The summed E-state index contributed by atoms with van der Waals surface area (Å²) in [5.41, 5.74) is 0. The van der Waals surface area contributed by atoms with Gasteiger partial charge in [0.05, 0.1) is 7.11 Å². The number of hydrogen-bond donors (Lipinski definition) is 1. The van der Waals surface area contributed by atoms with Crippen LogP contribution >= 0.6 is 15.9 Å². The van der Waals surface area contributed by atoms with Gasteiger partial charge >= 0.3 is 5.97 Å². The molecule has 0 aliphatic carbocycles. The molecule has 0 heterocycles. The summed E-state index contributed by atoms with van der Waals surface area (Å²) >= 11 is 3.30. The van der Waals surface area contributed by atoms with Gasteiger partial charge in [0.1, 0.15) is 6.04 Å². The molecule has 0 aliphatic heterocycles. The zero-order valence-electron chi connectivity index (χ0n) is 6.89. The van der Waals surface area contributed by atoms with Gasteiger partial charge in [0, 0.05) is 5.33 Å². The van der Waals surface area contributed by atoms with Crippen molar-refractivity contribution in [2.75, 3.05) is 19.0 Å². The molecule has 0 bridgehead atoms. The molecule has 0 saturated carbocycles. The molecular formula is C7H14BrNO2. The van der Waals surface area contributed by atoms with E-state index in [-0.39, 0.29) is 12.0 Å². The topological polar surface area (TPSA) is 38.3 Å². The standard InChI is InChI=1S/C7H14BrNO2/c1-6(7(10)11-2)9-5-3-4-8/h6,9H,3-5H2,1-2H3. The first-order valence-electron chi connectivity index (χ1n) is 3.59. The predicted octanol–water partition coefficient (Wildman–Crippen LogP) is 0.922. The second-order valence-corrected chi connectivity index (χ2v) is 3.03. The Morgan fingerprint density at radius 2 is 2.36 bits per heavy atom. The lowest BCUT2D eigenvalue weighted by Crippen LogP contribution is -2.35. The van der Waals surface area contributed by atoms with Crippen LogP contribution in [0, 0.1) is 0 Å². The number of alkyl halides is 1. The van der Waals surface area contributed by atoms with E-state index in [0.717, 1.165) is 18.3 Å². The average molecular weight is 224 g/mol. The van der Waals surface area contributed by atoms with E-state index in [0.29, 0.717) is 0 Å². The van der Waals surface area contributed by atoms with Crippen molar-refractivity contribution in [2.24, 2.45) is 0 Å². The van der Waals surface area contributed by atoms with Gasteiger partial charge in [-0.25, -0.2) is 0 Å². The molecule has 66 valence electrons. The maximum Gasteiger partial charge on any atom is 0.322 e. The van der Waals surface area contributed by atoms with E-state index in [4.69, 9.17) is 0 Å². The number of nitrogens with one attached hydrogen (secondary N) is 1. The first-order chi connectivity index (χ1) is 5.22. The van der Waals surface area contributed by atoms with Crippen molar-refractivity contribution in [1.29, 1.82) is 0 Å². The summed E-state index contributed by atoms with van der Waals surface area (Å²) in [5, 5.41) is 3.98. The van der Waals surface area contributed by atoms with Crippen LogP contribution in [-0.4, -0.2) is 31.0 Å². The highest BCUT2D eigenvalue weighted by atomic mass is 79.9. The van der Waals surface area contributed by atoms with Crippen molar-refractivity contribution in [3.8, 4) is 0 Å². The van der Waals surface area contributed by atoms with Gasteiger partial charge in [0.25, 0.3) is 0 Å². The van der Waals surface area contributed by atoms with Gasteiger partial charge in [0.2, 0.25) is 0 Å². The Bertz CT molecular complexity index is 119. The van der Waals surface area contributed by atoms with E-state index in [1.54, 1.807) is 6.92 Å². The molecule has 0 aromatic heterocycles. The maximum atomic E-state index is 10.8. The molecule has 0 saturated heterocycles. The molecule has 0 radical (unpaired) electrons. The number of hydrogen-bond acceptors (Lipinski definition) is 3.